The number of nitrogens with two attached hydrogens (primary N) is 1. The summed E-state index contributed by atoms with van der Waals surface area (Å²) in [4.78, 5) is 25.9. The van der Waals surface area contributed by atoms with E-state index in [1.165, 1.54) is 42.2 Å². The lowest BCUT2D eigenvalue weighted by Gasteiger charge is -2.42. The number of carbonyl (C=O) groups is 2. The maximum Gasteiger partial charge on any atom is 0.321 e. The predicted octanol–water partition coefficient (Wildman–Crippen LogP) is 4.38. The monoisotopic (exact) mass is 611 g/mol. The molecule has 1 saturated heterocycles. The number of hydrogen-bond acceptors (Lipinski definition) is 6. The van der Waals surface area contributed by atoms with Gasteiger partial charge in [-0.2, -0.15) is 5.26 Å². The minimum absolute atomic E-state index is 0.0272. The zero-order chi connectivity index (χ0) is 31.1. The van der Waals surface area contributed by atoms with Crippen LogP contribution in [0, 0.1) is 28.4 Å². The molecule has 0 saturated carbocycles. The number of hydrogen-bond donors (Lipinski definition) is 4. The van der Waals surface area contributed by atoms with Gasteiger partial charge in [-0.15, -0.1) is 0 Å². The van der Waals surface area contributed by atoms with E-state index < -0.39 is 77.0 Å². The number of carboxylic acid groups (broad SMARTS) is 1. The van der Waals surface area contributed by atoms with Crippen molar-refractivity contribution in [1.82, 2.24) is 4.90 Å². The van der Waals surface area contributed by atoms with E-state index >= 15 is 8.78 Å². The van der Waals surface area contributed by atoms with E-state index in [2.05, 4.69) is 6.07 Å². The van der Waals surface area contributed by atoms with Crippen molar-refractivity contribution in [2.45, 2.75) is 75.7 Å². The van der Waals surface area contributed by atoms with Gasteiger partial charge in [0.25, 0.3) is 0 Å². The minimum Gasteiger partial charge on any atom is -0.480 e. The van der Waals surface area contributed by atoms with Crippen LogP contribution in [0.5, 0.6) is 0 Å². The number of nitriles is 1. The summed E-state index contributed by atoms with van der Waals surface area (Å²) < 4.78 is 31.6. The Morgan fingerprint density at radius 2 is 1.83 bits per heavy atom. The molecule has 0 radical (unpaired) electrons. The zero-order valence-electron chi connectivity index (χ0n) is 23.0. The van der Waals surface area contributed by atoms with Gasteiger partial charge < -0.3 is 21.1 Å². The Balaban J connectivity index is 2.46. The normalized spacial score (nSPS) is 25.3. The van der Waals surface area contributed by atoms with Crippen LogP contribution in [0.2, 0.25) is 10.0 Å². The number of carbonyl (C=O) groups excluding carboxylic acids is 1. The van der Waals surface area contributed by atoms with Crippen LogP contribution in [0.1, 0.15) is 57.6 Å². The summed E-state index contributed by atoms with van der Waals surface area (Å²) in [5.74, 6) is -5.82. The Kier molecular flexibility index (Phi) is 9.43. The van der Waals surface area contributed by atoms with Gasteiger partial charge in [0.2, 0.25) is 5.91 Å². The Bertz CT molecular complexity index is 1380. The van der Waals surface area contributed by atoms with E-state index in [1.807, 2.05) is 20.8 Å². The molecule has 2 aromatic rings. The lowest BCUT2D eigenvalue weighted by Crippen LogP contribution is -2.56. The fourth-order valence-corrected chi connectivity index (χ4v) is 6.23. The molecule has 1 aliphatic rings. The number of aliphatic hydroxyl groups excluding tert-OH is 1. The molecule has 12 heteroatoms. The molecule has 1 fully saturated rings. The molecular weight excluding hydrogens is 579 g/mol. The zero-order valence-corrected chi connectivity index (χ0v) is 24.5. The third kappa shape index (κ3) is 6.35. The topological polar surface area (TPSA) is 148 Å². The first-order chi connectivity index (χ1) is 18.9. The standard InChI is InChI=1S/C29H33Cl2F2N3O5/c1-27(2,3)12-20-29(13-34,17-9-8-15(30)10-19(17)32)23(16-6-5-7-18(31)24(16)33)25(26(39)40)36(20)14-28(4,41)21(37)11-22(35)38/h5-10,20-21,23,25,37,41H,11-12,14H2,1-4H3,(H2,35,38)(H,39,40)/t20-,21?,23-,25+,28?,29-/m0/s1. The van der Waals surface area contributed by atoms with Crippen LogP contribution in [-0.2, 0) is 15.0 Å². The first-order valence-electron chi connectivity index (χ1n) is 12.9. The third-order valence-electron chi connectivity index (χ3n) is 7.64. The van der Waals surface area contributed by atoms with Crippen molar-refractivity contribution in [3.63, 3.8) is 0 Å². The summed E-state index contributed by atoms with van der Waals surface area (Å²) in [6.45, 7) is 6.09. The lowest BCUT2D eigenvalue weighted by atomic mass is 9.62. The minimum atomic E-state index is -2.12. The molecule has 0 aromatic heterocycles. The molecule has 1 aliphatic heterocycles. The molecule has 2 aromatic carbocycles. The van der Waals surface area contributed by atoms with Gasteiger partial charge >= 0.3 is 5.97 Å². The highest BCUT2D eigenvalue weighted by molar-refractivity contribution is 6.31. The molecule has 2 unspecified atom stereocenters. The third-order valence-corrected chi connectivity index (χ3v) is 8.17. The second-order valence-corrected chi connectivity index (χ2v) is 12.8. The smallest absolute Gasteiger partial charge is 0.321 e. The number of amides is 1. The average Bonchev–Trinajstić information content (AvgIpc) is 3.08. The number of nitrogens with zero attached hydrogens (tertiary/aromatic N) is 2. The van der Waals surface area contributed by atoms with Crippen molar-refractivity contribution < 1.29 is 33.7 Å². The van der Waals surface area contributed by atoms with Crippen molar-refractivity contribution in [3.8, 4) is 6.07 Å². The van der Waals surface area contributed by atoms with Crippen LogP contribution in [0.4, 0.5) is 8.78 Å². The summed E-state index contributed by atoms with van der Waals surface area (Å²) in [7, 11) is 0. The molecule has 5 N–H and O–H groups in total. The first kappa shape index (κ1) is 32.7. The Morgan fingerprint density at radius 3 is 2.34 bits per heavy atom. The largest absolute Gasteiger partial charge is 0.480 e. The van der Waals surface area contributed by atoms with Crippen molar-refractivity contribution in [3.05, 3.63) is 69.2 Å². The lowest BCUT2D eigenvalue weighted by molar-refractivity contribution is -0.147. The molecule has 0 spiro atoms. The van der Waals surface area contributed by atoms with Gasteiger partial charge in [-0.25, -0.2) is 8.78 Å². The van der Waals surface area contributed by atoms with E-state index in [0.29, 0.717) is 0 Å². The number of halogens is 4. The highest BCUT2D eigenvalue weighted by Gasteiger charge is 2.65. The summed E-state index contributed by atoms with van der Waals surface area (Å²) in [5.41, 5.74) is -0.0149. The quantitative estimate of drug-likeness (QED) is 0.329. The fourth-order valence-electron chi connectivity index (χ4n) is 5.89. The Hall–Kier alpha value is -2.81. The average molecular weight is 613 g/mol. The van der Waals surface area contributed by atoms with Gasteiger partial charge in [0, 0.05) is 29.1 Å². The second-order valence-electron chi connectivity index (χ2n) is 12.0. The molecule has 222 valence electrons. The van der Waals surface area contributed by atoms with E-state index in [0.717, 1.165) is 6.07 Å². The van der Waals surface area contributed by atoms with Crippen LogP contribution in [0.3, 0.4) is 0 Å². The van der Waals surface area contributed by atoms with Crippen molar-refractivity contribution in [1.29, 1.82) is 5.26 Å². The van der Waals surface area contributed by atoms with Gasteiger partial charge in [-0.05, 0) is 42.5 Å². The van der Waals surface area contributed by atoms with Gasteiger partial charge in [0.1, 0.15) is 28.7 Å². The van der Waals surface area contributed by atoms with Crippen molar-refractivity contribution in [2.75, 3.05) is 6.54 Å². The first-order valence-corrected chi connectivity index (χ1v) is 13.6. The van der Waals surface area contributed by atoms with E-state index in [1.54, 1.807) is 0 Å². The van der Waals surface area contributed by atoms with E-state index in [-0.39, 0.29) is 27.6 Å². The number of primary amides is 1. The molecule has 1 amide bonds. The van der Waals surface area contributed by atoms with Crippen LogP contribution in [0.15, 0.2) is 36.4 Å². The highest BCUT2D eigenvalue weighted by Crippen LogP contribution is 2.57. The molecule has 41 heavy (non-hydrogen) atoms. The molecular formula is C29H33Cl2F2N3O5. The fraction of sp³-hybridized carbons (Fsp3) is 0.483. The van der Waals surface area contributed by atoms with E-state index in [9.17, 15) is 30.2 Å². The summed E-state index contributed by atoms with van der Waals surface area (Å²) >= 11 is 12.1. The maximum absolute atomic E-state index is 15.8. The van der Waals surface area contributed by atoms with Crippen LogP contribution in [-0.4, -0.2) is 62.4 Å². The molecule has 0 aliphatic carbocycles. The Morgan fingerprint density at radius 1 is 1.20 bits per heavy atom. The maximum atomic E-state index is 15.8. The van der Waals surface area contributed by atoms with Crippen LogP contribution in [0.25, 0.3) is 0 Å². The van der Waals surface area contributed by atoms with E-state index in [4.69, 9.17) is 28.9 Å². The molecule has 6 atom stereocenters. The summed E-state index contributed by atoms with van der Waals surface area (Å²) in [6.07, 6.45) is -2.27. The SMILES string of the molecule is CC(C)(C)C[C@@H]1N(CC(C)(O)C(O)CC(N)=O)[C@@H](C(=O)O)[C@H](c2cccc(Cl)c2F)[C@@]1(C#N)c1ccc(Cl)cc1F. The van der Waals surface area contributed by atoms with Gasteiger partial charge in [0.05, 0.1) is 23.6 Å². The number of rotatable bonds is 9. The summed E-state index contributed by atoms with van der Waals surface area (Å²) in [5, 5.41) is 43.2. The van der Waals surface area contributed by atoms with Gasteiger partial charge in [-0.3, -0.25) is 14.5 Å². The number of likely N-dealkylation sites (tertiary alicyclic amines) is 1. The number of benzene rings is 2. The summed E-state index contributed by atoms with van der Waals surface area (Å²) in [6, 6.07) is 6.86. The Labute approximate surface area is 247 Å². The van der Waals surface area contributed by atoms with Crippen molar-refractivity contribution >= 4 is 35.1 Å². The van der Waals surface area contributed by atoms with Crippen LogP contribution >= 0.6 is 23.2 Å². The van der Waals surface area contributed by atoms with Gasteiger partial charge in [0.15, 0.2) is 0 Å². The number of carboxylic acids is 1. The number of β-amino-alcohol motifs (C(OH)–C–C–N with tert-alkyl or cyclic N) is 1. The molecule has 8 nitrogen and oxygen atoms in total. The van der Waals surface area contributed by atoms with Crippen molar-refractivity contribution in [2.24, 2.45) is 11.1 Å². The molecule has 0 bridgehead atoms. The number of aliphatic hydroxyl groups is 2. The predicted molar refractivity (Wildman–Crippen MR) is 149 cm³/mol. The molecule has 1 heterocycles. The van der Waals surface area contributed by atoms with Crippen LogP contribution < -0.4 is 5.73 Å². The van der Waals surface area contributed by atoms with Gasteiger partial charge in [-0.1, -0.05) is 62.2 Å². The second kappa shape index (κ2) is 11.8. The highest BCUT2D eigenvalue weighted by atomic mass is 35.5. The number of aliphatic carboxylic acids is 1. The molecule has 3 rings (SSSR count).